The Balaban J connectivity index is 2.07. The average molecular weight is 310 g/mol. The zero-order valence-corrected chi connectivity index (χ0v) is 12.2. The fourth-order valence-electron chi connectivity index (χ4n) is 2.16. The molecule has 0 atom stereocenters. The van der Waals surface area contributed by atoms with Gasteiger partial charge in [0, 0.05) is 24.7 Å². The van der Waals surface area contributed by atoms with Crippen molar-refractivity contribution in [1.82, 2.24) is 4.90 Å². The fraction of sp³-hybridized carbons (Fsp3) is 0.333. The Kier molecular flexibility index (Phi) is 5.22. The van der Waals surface area contributed by atoms with Gasteiger partial charge >= 0.3 is 5.97 Å². The average Bonchev–Trinajstić information content (AvgIpc) is 2.98. The lowest BCUT2D eigenvalue weighted by Gasteiger charge is -2.16. The molecule has 0 bridgehead atoms. The van der Waals surface area contributed by atoms with Gasteiger partial charge in [-0.15, -0.1) is 0 Å². The van der Waals surface area contributed by atoms with Crippen molar-refractivity contribution in [2.75, 3.05) is 19.7 Å². The molecule has 0 unspecified atom stereocenters. The quantitative estimate of drug-likeness (QED) is 0.848. The van der Waals surface area contributed by atoms with Crippen LogP contribution in [0.5, 0.6) is 5.75 Å². The van der Waals surface area contributed by atoms with E-state index < -0.39 is 5.97 Å². The van der Waals surface area contributed by atoms with Gasteiger partial charge in [-0.2, -0.15) is 0 Å². The summed E-state index contributed by atoms with van der Waals surface area (Å²) in [5.41, 5.74) is 0.527. The molecule has 2 rings (SSSR count). The number of amides is 1. The molecule has 5 nitrogen and oxygen atoms in total. The molecule has 21 heavy (non-hydrogen) atoms. The third kappa shape index (κ3) is 4.23. The number of carboxylic acids is 1. The first-order valence-electron chi connectivity index (χ1n) is 6.68. The van der Waals surface area contributed by atoms with Crippen LogP contribution in [0, 0.1) is 0 Å². The zero-order valence-electron chi connectivity index (χ0n) is 11.4. The molecular weight excluding hydrogens is 294 g/mol. The van der Waals surface area contributed by atoms with E-state index in [4.69, 9.17) is 21.4 Å². The first-order valence-corrected chi connectivity index (χ1v) is 7.06. The second kappa shape index (κ2) is 7.13. The summed E-state index contributed by atoms with van der Waals surface area (Å²) in [6.45, 7) is 1.42. The van der Waals surface area contributed by atoms with E-state index in [0.717, 1.165) is 32.0 Å². The molecule has 1 aromatic carbocycles. The molecule has 0 radical (unpaired) electrons. The Morgan fingerprint density at radius 3 is 2.71 bits per heavy atom. The van der Waals surface area contributed by atoms with Crippen molar-refractivity contribution < 1.29 is 19.4 Å². The van der Waals surface area contributed by atoms with Gasteiger partial charge in [0.1, 0.15) is 5.75 Å². The van der Waals surface area contributed by atoms with Crippen molar-refractivity contribution in [1.29, 1.82) is 0 Å². The van der Waals surface area contributed by atoms with E-state index in [-0.39, 0.29) is 12.5 Å². The summed E-state index contributed by atoms with van der Waals surface area (Å²) in [4.78, 5) is 24.3. The van der Waals surface area contributed by atoms with Crippen LogP contribution < -0.4 is 4.74 Å². The lowest BCUT2D eigenvalue weighted by Crippen LogP contribution is -2.32. The molecule has 1 aliphatic heterocycles. The number of carbonyl (C=O) groups is 2. The maximum atomic E-state index is 12.0. The number of halogens is 1. The first kappa shape index (κ1) is 15.4. The molecule has 1 fully saturated rings. The minimum atomic E-state index is -1.06. The normalized spacial score (nSPS) is 14.6. The van der Waals surface area contributed by atoms with Gasteiger partial charge < -0.3 is 14.7 Å². The van der Waals surface area contributed by atoms with Gasteiger partial charge in [-0.25, -0.2) is 4.79 Å². The SMILES string of the molecule is O=C(O)/C=C/c1cccc(Cl)c1OCC(=O)N1CCCC1. The van der Waals surface area contributed by atoms with Crippen LogP contribution >= 0.6 is 11.6 Å². The molecule has 1 aromatic rings. The molecular formula is C15H16ClNO4. The highest BCUT2D eigenvalue weighted by Gasteiger charge is 2.19. The van der Waals surface area contributed by atoms with Crippen molar-refractivity contribution >= 4 is 29.6 Å². The molecule has 0 aliphatic carbocycles. The number of aliphatic carboxylic acids is 1. The van der Waals surface area contributed by atoms with Crippen molar-refractivity contribution in [2.45, 2.75) is 12.8 Å². The summed E-state index contributed by atoms with van der Waals surface area (Å²) < 4.78 is 5.51. The van der Waals surface area contributed by atoms with Crippen LogP contribution in [0.4, 0.5) is 0 Å². The number of hydrogen-bond acceptors (Lipinski definition) is 3. The smallest absolute Gasteiger partial charge is 0.328 e. The number of ether oxygens (including phenoxy) is 1. The molecule has 0 aromatic heterocycles. The van der Waals surface area contributed by atoms with Gasteiger partial charge in [0.25, 0.3) is 5.91 Å². The van der Waals surface area contributed by atoms with Crippen molar-refractivity contribution in [3.05, 3.63) is 34.9 Å². The number of hydrogen-bond donors (Lipinski definition) is 1. The lowest BCUT2D eigenvalue weighted by atomic mass is 10.2. The Morgan fingerprint density at radius 1 is 1.33 bits per heavy atom. The van der Waals surface area contributed by atoms with E-state index in [1.54, 1.807) is 23.1 Å². The lowest BCUT2D eigenvalue weighted by molar-refractivity contribution is -0.132. The van der Waals surface area contributed by atoms with Gasteiger partial charge in [0.05, 0.1) is 5.02 Å². The number of para-hydroxylation sites is 1. The molecule has 1 N–H and O–H groups in total. The largest absolute Gasteiger partial charge is 0.482 e. The molecule has 1 heterocycles. The summed E-state index contributed by atoms with van der Waals surface area (Å²) in [6.07, 6.45) is 4.43. The topological polar surface area (TPSA) is 66.8 Å². The standard InChI is InChI=1S/C15H16ClNO4/c16-12-5-3-4-11(6-7-14(19)20)15(12)21-10-13(18)17-8-1-2-9-17/h3-7H,1-2,8-10H2,(H,19,20)/b7-6+. The van der Waals surface area contributed by atoms with Gasteiger partial charge in [0.2, 0.25) is 0 Å². The van der Waals surface area contributed by atoms with E-state index in [1.165, 1.54) is 6.08 Å². The number of carbonyl (C=O) groups excluding carboxylic acids is 1. The van der Waals surface area contributed by atoms with Crippen LogP contribution in [0.2, 0.25) is 5.02 Å². The van der Waals surface area contributed by atoms with Crippen LogP contribution in [-0.2, 0) is 9.59 Å². The highest BCUT2D eigenvalue weighted by atomic mass is 35.5. The Morgan fingerprint density at radius 2 is 2.05 bits per heavy atom. The van der Waals surface area contributed by atoms with E-state index in [9.17, 15) is 9.59 Å². The third-order valence-electron chi connectivity index (χ3n) is 3.20. The Hall–Kier alpha value is -2.01. The Labute approximate surface area is 127 Å². The van der Waals surface area contributed by atoms with Crippen molar-refractivity contribution in [2.24, 2.45) is 0 Å². The van der Waals surface area contributed by atoms with E-state index in [1.807, 2.05) is 0 Å². The van der Waals surface area contributed by atoms with Crippen LogP contribution in [-0.4, -0.2) is 41.6 Å². The van der Waals surface area contributed by atoms with E-state index in [2.05, 4.69) is 0 Å². The predicted octanol–water partition coefficient (Wildman–Crippen LogP) is 2.44. The molecule has 0 spiro atoms. The second-order valence-corrected chi connectivity index (χ2v) is 5.11. The van der Waals surface area contributed by atoms with Gasteiger partial charge in [-0.1, -0.05) is 23.7 Å². The minimum Gasteiger partial charge on any atom is -0.482 e. The van der Waals surface area contributed by atoms with Crippen LogP contribution in [0.15, 0.2) is 24.3 Å². The van der Waals surface area contributed by atoms with E-state index in [0.29, 0.717) is 16.3 Å². The van der Waals surface area contributed by atoms with Gasteiger partial charge in [0.15, 0.2) is 6.61 Å². The number of rotatable bonds is 5. The number of likely N-dealkylation sites (tertiary alicyclic amines) is 1. The summed E-state index contributed by atoms with van der Waals surface area (Å²) in [7, 11) is 0. The molecule has 1 aliphatic rings. The predicted molar refractivity (Wildman–Crippen MR) is 79.4 cm³/mol. The van der Waals surface area contributed by atoms with Crippen LogP contribution in [0.3, 0.4) is 0 Å². The summed E-state index contributed by atoms with van der Waals surface area (Å²) in [6, 6.07) is 5.01. The van der Waals surface area contributed by atoms with Crippen LogP contribution in [0.25, 0.3) is 6.08 Å². The van der Waals surface area contributed by atoms with Crippen molar-refractivity contribution in [3.8, 4) is 5.75 Å². The van der Waals surface area contributed by atoms with Crippen molar-refractivity contribution in [3.63, 3.8) is 0 Å². The molecule has 1 amide bonds. The maximum absolute atomic E-state index is 12.0. The van der Waals surface area contributed by atoms with Gasteiger partial charge in [-0.05, 0) is 25.0 Å². The summed E-state index contributed by atoms with van der Waals surface area (Å²) in [5.74, 6) is -0.820. The van der Waals surface area contributed by atoms with Crippen LogP contribution in [0.1, 0.15) is 18.4 Å². The molecule has 112 valence electrons. The number of carboxylic acid groups (broad SMARTS) is 1. The number of benzene rings is 1. The third-order valence-corrected chi connectivity index (χ3v) is 3.50. The Bertz CT molecular complexity index is 565. The minimum absolute atomic E-state index is 0.0828. The zero-order chi connectivity index (χ0) is 15.2. The summed E-state index contributed by atoms with van der Waals surface area (Å²) in [5, 5.41) is 9.02. The molecule has 1 saturated heterocycles. The highest BCUT2D eigenvalue weighted by Crippen LogP contribution is 2.29. The second-order valence-electron chi connectivity index (χ2n) is 4.71. The summed E-state index contributed by atoms with van der Waals surface area (Å²) >= 11 is 6.06. The molecule has 0 saturated carbocycles. The molecule has 6 heteroatoms. The monoisotopic (exact) mass is 309 g/mol. The first-order chi connectivity index (χ1) is 10.1. The maximum Gasteiger partial charge on any atom is 0.328 e. The van der Waals surface area contributed by atoms with E-state index >= 15 is 0 Å². The highest BCUT2D eigenvalue weighted by molar-refractivity contribution is 6.32. The number of nitrogens with zero attached hydrogens (tertiary/aromatic N) is 1. The van der Waals surface area contributed by atoms with Gasteiger partial charge in [-0.3, -0.25) is 4.79 Å². The fourth-order valence-corrected chi connectivity index (χ4v) is 2.40.